The quantitative estimate of drug-likeness (QED) is 0.315. The van der Waals surface area contributed by atoms with Gasteiger partial charge in [0.1, 0.15) is 4.83 Å². The molecule has 0 bridgehead atoms. The van der Waals surface area contributed by atoms with Gasteiger partial charge in [-0.25, -0.2) is 4.98 Å². The molecule has 2 N–H and O–H groups in total. The van der Waals surface area contributed by atoms with Crippen molar-refractivity contribution >= 4 is 44.3 Å². The fraction of sp³-hybridized carbons (Fsp3) is 0.0556. The van der Waals surface area contributed by atoms with E-state index in [-0.39, 0.29) is 37.7 Å². The molecule has 0 aliphatic rings. The summed E-state index contributed by atoms with van der Waals surface area (Å²) in [5, 5.41) is 12.8. The van der Waals surface area contributed by atoms with Gasteiger partial charge in [0.15, 0.2) is 0 Å². The largest absolute Gasteiger partial charge is 0.417 e. The Balaban J connectivity index is 2.05. The number of nitrogens with zero attached hydrogens (tertiary/aromatic N) is 2. The van der Waals surface area contributed by atoms with Crippen LogP contribution < -0.4 is 5.73 Å². The van der Waals surface area contributed by atoms with Gasteiger partial charge in [0.05, 0.1) is 37.2 Å². The van der Waals surface area contributed by atoms with E-state index in [4.69, 9.17) is 5.73 Å². The summed E-state index contributed by atoms with van der Waals surface area (Å²) < 4.78 is 41.3. The van der Waals surface area contributed by atoms with E-state index in [9.17, 15) is 23.3 Å². The number of hydrogen-bond acceptors (Lipinski definition) is 6. The number of nitrogen functional groups attached to an aromatic ring is 1. The number of pyridine rings is 1. The lowest BCUT2D eigenvalue weighted by Crippen LogP contribution is -2.07. The van der Waals surface area contributed by atoms with Crippen LogP contribution in [-0.4, -0.2) is 9.91 Å². The fourth-order valence-electron chi connectivity index (χ4n) is 2.92. The Hall–Kier alpha value is -2.98. The Morgan fingerprint density at radius 3 is 2.54 bits per heavy atom. The Bertz CT molecular complexity index is 1200. The zero-order valence-electron chi connectivity index (χ0n) is 13.9. The van der Waals surface area contributed by atoms with E-state index in [1.165, 1.54) is 29.5 Å². The third-order valence-corrected chi connectivity index (χ3v) is 6.15. The number of benzene rings is 1. The number of alkyl halides is 3. The highest BCUT2D eigenvalue weighted by molar-refractivity contribution is 7.22. The maximum atomic E-state index is 13.8. The van der Waals surface area contributed by atoms with Gasteiger partial charge in [-0.15, -0.1) is 22.7 Å². The summed E-state index contributed by atoms with van der Waals surface area (Å²) in [5.41, 5.74) is 5.12. The Morgan fingerprint density at radius 1 is 1.14 bits per heavy atom. The van der Waals surface area contributed by atoms with E-state index in [2.05, 4.69) is 4.98 Å². The predicted molar refractivity (Wildman–Crippen MR) is 104 cm³/mol. The highest BCUT2D eigenvalue weighted by Crippen LogP contribution is 2.48. The molecular weight excluding hydrogens is 411 g/mol. The first kappa shape index (κ1) is 18.4. The molecule has 4 aromatic rings. The number of nitro benzene ring substituents is 1. The third kappa shape index (κ3) is 3.00. The molecule has 3 aromatic heterocycles. The van der Waals surface area contributed by atoms with Crippen molar-refractivity contribution in [3.05, 3.63) is 63.5 Å². The van der Waals surface area contributed by atoms with E-state index in [1.807, 2.05) is 0 Å². The van der Waals surface area contributed by atoms with Crippen LogP contribution >= 0.6 is 22.7 Å². The second-order valence-corrected chi connectivity index (χ2v) is 7.78. The number of anilines is 1. The molecule has 0 saturated heterocycles. The number of aromatic nitrogens is 1. The minimum atomic E-state index is -4.65. The Morgan fingerprint density at radius 2 is 1.89 bits per heavy atom. The summed E-state index contributed by atoms with van der Waals surface area (Å²) >= 11 is 2.19. The molecule has 10 heteroatoms. The third-order valence-electron chi connectivity index (χ3n) is 4.12. The second kappa shape index (κ2) is 6.57. The maximum absolute atomic E-state index is 13.8. The van der Waals surface area contributed by atoms with Gasteiger partial charge in [0.25, 0.3) is 5.69 Å². The number of nitrogens with two attached hydrogens (primary N) is 1. The van der Waals surface area contributed by atoms with Crippen molar-refractivity contribution in [3.8, 4) is 21.0 Å². The van der Waals surface area contributed by atoms with E-state index < -0.39 is 16.7 Å². The van der Waals surface area contributed by atoms with Gasteiger partial charge in [-0.2, -0.15) is 13.2 Å². The smallest absolute Gasteiger partial charge is 0.397 e. The van der Waals surface area contributed by atoms with Crippen LogP contribution in [-0.2, 0) is 6.18 Å². The Kier molecular flexibility index (Phi) is 4.31. The molecule has 0 radical (unpaired) electrons. The minimum absolute atomic E-state index is 0.0869. The number of nitro groups is 1. The van der Waals surface area contributed by atoms with Gasteiger partial charge < -0.3 is 5.73 Å². The van der Waals surface area contributed by atoms with Crippen LogP contribution in [0.5, 0.6) is 0 Å². The highest BCUT2D eigenvalue weighted by Gasteiger charge is 2.36. The maximum Gasteiger partial charge on any atom is 0.417 e. The molecule has 0 amide bonds. The highest BCUT2D eigenvalue weighted by atomic mass is 32.1. The van der Waals surface area contributed by atoms with Crippen molar-refractivity contribution in [2.24, 2.45) is 0 Å². The molecule has 0 atom stereocenters. The predicted octanol–water partition coefficient (Wildman–Crippen LogP) is 6.20. The molecule has 4 rings (SSSR count). The van der Waals surface area contributed by atoms with Crippen LogP contribution in [0, 0.1) is 10.1 Å². The molecule has 0 saturated carbocycles. The summed E-state index contributed by atoms with van der Waals surface area (Å²) in [6.07, 6.45) is -4.65. The van der Waals surface area contributed by atoms with Gasteiger partial charge in [0, 0.05) is 11.5 Å². The van der Waals surface area contributed by atoms with Crippen LogP contribution in [0.2, 0.25) is 0 Å². The lowest BCUT2D eigenvalue weighted by molar-refractivity contribution is -0.384. The van der Waals surface area contributed by atoms with Gasteiger partial charge in [0.2, 0.25) is 0 Å². The number of hydrogen-bond donors (Lipinski definition) is 1. The van der Waals surface area contributed by atoms with Gasteiger partial charge in [-0.05, 0) is 23.6 Å². The van der Waals surface area contributed by atoms with Crippen molar-refractivity contribution in [2.45, 2.75) is 6.18 Å². The fourth-order valence-corrected chi connectivity index (χ4v) is 4.76. The number of rotatable bonds is 3. The van der Waals surface area contributed by atoms with Crippen LogP contribution in [0.25, 0.3) is 31.2 Å². The first-order valence-corrected chi connectivity index (χ1v) is 9.55. The molecule has 0 aliphatic heterocycles. The molecule has 1 aromatic carbocycles. The van der Waals surface area contributed by atoms with Crippen LogP contribution in [0.1, 0.15) is 5.56 Å². The standard InChI is InChI=1S/C18H10F3N3O2S2/c19-18(20,21)10-8-11(13-6-3-7-27-13)23-17-14(10)15(22)16(28-17)9-4-1-2-5-12(9)24(25)26/h1-8H,22H2. The average molecular weight is 421 g/mol. The normalized spacial score (nSPS) is 11.8. The van der Waals surface area contributed by atoms with E-state index >= 15 is 0 Å². The molecular formula is C18H10F3N3O2S2. The number of para-hydroxylation sites is 1. The van der Waals surface area contributed by atoms with E-state index in [1.54, 1.807) is 23.6 Å². The molecule has 142 valence electrons. The van der Waals surface area contributed by atoms with Gasteiger partial charge >= 0.3 is 6.18 Å². The zero-order valence-corrected chi connectivity index (χ0v) is 15.5. The summed E-state index contributed by atoms with van der Waals surface area (Å²) in [7, 11) is 0. The minimum Gasteiger partial charge on any atom is -0.397 e. The number of fused-ring (bicyclic) bond motifs is 1. The lowest BCUT2D eigenvalue weighted by Gasteiger charge is -2.10. The second-order valence-electron chi connectivity index (χ2n) is 5.83. The van der Waals surface area contributed by atoms with Crippen molar-refractivity contribution in [1.29, 1.82) is 0 Å². The molecule has 28 heavy (non-hydrogen) atoms. The molecule has 5 nitrogen and oxygen atoms in total. The van der Waals surface area contributed by atoms with Crippen LogP contribution in [0.3, 0.4) is 0 Å². The molecule has 0 aliphatic carbocycles. The lowest BCUT2D eigenvalue weighted by atomic mass is 10.1. The van der Waals surface area contributed by atoms with Crippen molar-refractivity contribution in [1.82, 2.24) is 4.98 Å². The molecule has 3 heterocycles. The zero-order chi connectivity index (χ0) is 20.1. The number of halogens is 3. The Labute approximate surface area is 164 Å². The van der Waals surface area contributed by atoms with E-state index in [0.29, 0.717) is 4.88 Å². The molecule has 0 unspecified atom stereocenters. The van der Waals surface area contributed by atoms with Crippen molar-refractivity contribution in [3.63, 3.8) is 0 Å². The number of thiophene rings is 2. The van der Waals surface area contributed by atoms with Crippen LogP contribution in [0.15, 0.2) is 47.8 Å². The summed E-state index contributed by atoms with van der Waals surface area (Å²) in [6, 6.07) is 10.2. The van der Waals surface area contributed by atoms with Crippen LogP contribution in [0.4, 0.5) is 24.5 Å². The monoisotopic (exact) mass is 421 g/mol. The first-order chi connectivity index (χ1) is 13.3. The summed E-state index contributed by atoms with van der Waals surface area (Å²) in [5.74, 6) is 0. The molecule has 0 spiro atoms. The van der Waals surface area contributed by atoms with Gasteiger partial charge in [-0.3, -0.25) is 10.1 Å². The van der Waals surface area contributed by atoms with Crippen molar-refractivity contribution < 1.29 is 18.1 Å². The summed E-state index contributed by atoms with van der Waals surface area (Å²) in [4.78, 5) is 16.0. The first-order valence-electron chi connectivity index (χ1n) is 7.85. The topological polar surface area (TPSA) is 82.0 Å². The van der Waals surface area contributed by atoms with Gasteiger partial charge in [-0.1, -0.05) is 18.2 Å². The van der Waals surface area contributed by atoms with Crippen molar-refractivity contribution in [2.75, 3.05) is 5.73 Å². The SMILES string of the molecule is Nc1c(-c2ccccc2[N+](=O)[O-])sc2nc(-c3cccs3)cc(C(F)(F)F)c12. The van der Waals surface area contributed by atoms with E-state index in [0.717, 1.165) is 17.4 Å². The average Bonchev–Trinajstić information content (AvgIpc) is 3.28. The molecule has 0 fully saturated rings. The summed E-state index contributed by atoms with van der Waals surface area (Å²) in [6.45, 7) is 0.